The molecule has 4 aromatic rings. The van der Waals surface area contributed by atoms with Crippen molar-refractivity contribution in [3.63, 3.8) is 0 Å². The molecule has 0 spiro atoms. The van der Waals surface area contributed by atoms with Gasteiger partial charge in [0.15, 0.2) is 0 Å². The number of carbonyl (C=O) groups excluding carboxylic acids is 2. The van der Waals surface area contributed by atoms with Gasteiger partial charge in [-0.25, -0.2) is 14.8 Å². The van der Waals surface area contributed by atoms with E-state index in [1.54, 1.807) is 38.1 Å². The van der Waals surface area contributed by atoms with Gasteiger partial charge < -0.3 is 21.1 Å². The highest BCUT2D eigenvalue weighted by atomic mass is 16.4. The number of aromatic nitrogens is 2. The molecule has 39 heavy (non-hydrogen) atoms. The normalized spacial score (nSPS) is 10.7. The molecule has 0 aliphatic carbocycles. The molecule has 0 saturated carbocycles. The summed E-state index contributed by atoms with van der Waals surface area (Å²) >= 11 is 0. The van der Waals surface area contributed by atoms with E-state index in [0.717, 1.165) is 16.7 Å². The zero-order valence-electron chi connectivity index (χ0n) is 21.2. The summed E-state index contributed by atoms with van der Waals surface area (Å²) in [6, 6.07) is 13.4. The van der Waals surface area contributed by atoms with Crippen LogP contribution in [-0.4, -0.2) is 32.9 Å². The number of benzene rings is 2. The maximum absolute atomic E-state index is 12.6. The van der Waals surface area contributed by atoms with Crippen LogP contribution in [0.5, 0.6) is 0 Å². The Labute approximate surface area is 222 Å². The van der Waals surface area contributed by atoms with Crippen LogP contribution >= 0.6 is 0 Å². The standard InChI is InChI=1S/C28H25N5O6/c1-15-8-19(6-7-20(15)28(38)39)13-30-27(37)21-11-22(32-14-31-21)33-23(34)10-17-4-3-5-18(9-17)12-29-24-16(2)25(35)26(24)36/h3-9,11,14,29H,10,12-13H2,1-2H3,(H,30,37)(H,38,39)(H,31,32,33,34). The van der Waals surface area contributed by atoms with Gasteiger partial charge in [0.2, 0.25) is 16.8 Å². The number of hydrogen-bond donors (Lipinski definition) is 4. The second kappa shape index (κ2) is 11.5. The third kappa shape index (κ3) is 6.39. The van der Waals surface area contributed by atoms with Crippen LogP contribution in [0.2, 0.25) is 0 Å². The highest BCUT2D eigenvalue weighted by Crippen LogP contribution is 2.13. The molecule has 0 aliphatic heterocycles. The summed E-state index contributed by atoms with van der Waals surface area (Å²) in [5.41, 5.74) is 2.86. The number of hydrogen-bond acceptors (Lipinski definition) is 8. The molecule has 0 unspecified atom stereocenters. The first-order valence-electron chi connectivity index (χ1n) is 12.0. The van der Waals surface area contributed by atoms with E-state index in [-0.39, 0.29) is 35.9 Å². The van der Waals surface area contributed by atoms with Gasteiger partial charge in [0.05, 0.1) is 17.7 Å². The van der Waals surface area contributed by atoms with Crippen molar-refractivity contribution < 1.29 is 19.5 Å². The topological polar surface area (TPSA) is 167 Å². The summed E-state index contributed by atoms with van der Waals surface area (Å²) in [6.45, 7) is 3.77. The SMILES string of the molecule is Cc1cc(CNC(=O)c2cc(NC(=O)Cc3cccc(CNc4c(C)c(=O)c4=O)c3)ncn2)ccc1C(=O)O. The van der Waals surface area contributed by atoms with E-state index in [9.17, 15) is 24.0 Å². The molecule has 1 heterocycles. The highest BCUT2D eigenvalue weighted by Gasteiger charge is 2.16. The van der Waals surface area contributed by atoms with E-state index in [0.29, 0.717) is 23.4 Å². The smallest absolute Gasteiger partial charge is 0.335 e. The number of amides is 2. The molecule has 11 heteroatoms. The number of aromatic carboxylic acids is 1. The summed E-state index contributed by atoms with van der Waals surface area (Å²) in [7, 11) is 0. The van der Waals surface area contributed by atoms with Gasteiger partial charge >= 0.3 is 5.97 Å². The summed E-state index contributed by atoms with van der Waals surface area (Å²) in [5, 5.41) is 17.5. The van der Waals surface area contributed by atoms with Crippen molar-refractivity contribution in [1.82, 2.24) is 15.3 Å². The fraction of sp³-hybridized carbons (Fsp3) is 0.179. The van der Waals surface area contributed by atoms with Crippen molar-refractivity contribution in [1.29, 1.82) is 0 Å². The van der Waals surface area contributed by atoms with Gasteiger partial charge in [0, 0.05) is 24.7 Å². The molecule has 0 saturated heterocycles. The van der Waals surface area contributed by atoms with Crippen molar-refractivity contribution in [2.45, 2.75) is 33.4 Å². The molecule has 3 aromatic carbocycles. The average molecular weight is 528 g/mol. The lowest BCUT2D eigenvalue weighted by Crippen LogP contribution is -2.36. The van der Waals surface area contributed by atoms with Crippen LogP contribution in [-0.2, 0) is 24.3 Å². The van der Waals surface area contributed by atoms with Crippen LogP contribution in [0, 0.1) is 13.8 Å². The average Bonchev–Trinajstić information content (AvgIpc) is 2.91. The van der Waals surface area contributed by atoms with Gasteiger partial charge in [-0.3, -0.25) is 19.2 Å². The number of aryl methyl sites for hydroxylation is 1. The van der Waals surface area contributed by atoms with Crippen molar-refractivity contribution in [2.24, 2.45) is 0 Å². The third-order valence-electron chi connectivity index (χ3n) is 6.12. The fourth-order valence-corrected chi connectivity index (χ4v) is 4.03. The first-order valence-corrected chi connectivity index (χ1v) is 12.0. The molecule has 0 radical (unpaired) electrons. The zero-order valence-corrected chi connectivity index (χ0v) is 21.2. The lowest BCUT2D eigenvalue weighted by atomic mass is 10.1. The Morgan fingerprint density at radius 1 is 0.872 bits per heavy atom. The predicted molar refractivity (Wildman–Crippen MR) is 144 cm³/mol. The number of carboxylic acids is 1. The molecule has 198 valence electrons. The van der Waals surface area contributed by atoms with E-state index in [4.69, 9.17) is 5.11 Å². The van der Waals surface area contributed by atoms with Crippen LogP contribution in [0.1, 0.15) is 48.7 Å². The molecule has 0 atom stereocenters. The van der Waals surface area contributed by atoms with Gasteiger partial charge in [-0.1, -0.05) is 36.4 Å². The molecule has 4 rings (SSSR count). The van der Waals surface area contributed by atoms with Crippen molar-refractivity contribution in [2.75, 3.05) is 10.6 Å². The monoisotopic (exact) mass is 527 g/mol. The lowest BCUT2D eigenvalue weighted by Gasteiger charge is -2.11. The number of anilines is 2. The molecule has 4 N–H and O–H groups in total. The van der Waals surface area contributed by atoms with Gasteiger partial charge in [-0.2, -0.15) is 0 Å². The summed E-state index contributed by atoms with van der Waals surface area (Å²) in [6.07, 6.45) is 1.22. The van der Waals surface area contributed by atoms with E-state index < -0.39 is 22.7 Å². The Morgan fingerprint density at radius 2 is 1.62 bits per heavy atom. The van der Waals surface area contributed by atoms with E-state index >= 15 is 0 Å². The van der Waals surface area contributed by atoms with Gasteiger partial charge in [0.25, 0.3) is 5.91 Å². The van der Waals surface area contributed by atoms with Crippen LogP contribution in [0.3, 0.4) is 0 Å². The molecule has 11 nitrogen and oxygen atoms in total. The predicted octanol–water partition coefficient (Wildman–Crippen LogP) is 2.11. The summed E-state index contributed by atoms with van der Waals surface area (Å²) in [4.78, 5) is 67.3. The molecule has 1 aromatic heterocycles. The van der Waals surface area contributed by atoms with E-state index in [1.165, 1.54) is 18.5 Å². The van der Waals surface area contributed by atoms with E-state index in [1.807, 2.05) is 12.1 Å². The van der Waals surface area contributed by atoms with Gasteiger partial charge in [-0.05, 0) is 42.2 Å². The zero-order chi connectivity index (χ0) is 28.1. The molecule has 0 fully saturated rings. The third-order valence-corrected chi connectivity index (χ3v) is 6.12. The number of carbonyl (C=O) groups is 3. The maximum atomic E-state index is 12.6. The number of nitrogens with one attached hydrogen (secondary N) is 3. The quantitative estimate of drug-likeness (QED) is 0.226. The minimum Gasteiger partial charge on any atom is -0.478 e. The lowest BCUT2D eigenvalue weighted by molar-refractivity contribution is -0.115. The molecular formula is C28H25N5O6. The first-order chi connectivity index (χ1) is 18.6. The minimum absolute atomic E-state index is 0.0458. The van der Waals surface area contributed by atoms with Crippen molar-refractivity contribution >= 4 is 29.3 Å². The van der Waals surface area contributed by atoms with Crippen LogP contribution in [0.15, 0.2) is 64.4 Å². The number of nitrogens with zero attached hydrogens (tertiary/aromatic N) is 2. The van der Waals surface area contributed by atoms with Crippen molar-refractivity contribution in [3.05, 3.63) is 114 Å². The summed E-state index contributed by atoms with van der Waals surface area (Å²) in [5.74, 6) is -1.69. The molecule has 2 amide bonds. The maximum Gasteiger partial charge on any atom is 0.335 e. The molecule has 0 aliphatic rings. The Kier molecular flexibility index (Phi) is 7.90. The number of carboxylic acid groups (broad SMARTS) is 1. The first kappa shape index (κ1) is 26.9. The Hall–Kier alpha value is -5.19. The summed E-state index contributed by atoms with van der Waals surface area (Å²) < 4.78 is 0. The van der Waals surface area contributed by atoms with Crippen molar-refractivity contribution in [3.8, 4) is 0 Å². The van der Waals surface area contributed by atoms with Gasteiger partial charge in [0.1, 0.15) is 17.8 Å². The minimum atomic E-state index is -1.02. The largest absolute Gasteiger partial charge is 0.478 e. The molecular weight excluding hydrogens is 502 g/mol. The highest BCUT2D eigenvalue weighted by molar-refractivity contribution is 5.95. The second-order valence-corrected chi connectivity index (χ2v) is 8.98. The second-order valence-electron chi connectivity index (χ2n) is 8.98. The van der Waals surface area contributed by atoms with Crippen LogP contribution in [0.25, 0.3) is 0 Å². The Balaban J connectivity index is 1.32. The van der Waals surface area contributed by atoms with Gasteiger partial charge in [-0.15, -0.1) is 0 Å². The van der Waals surface area contributed by atoms with E-state index in [2.05, 4.69) is 25.9 Å². The Bertz CT molecular complexity index is 1660. The molecule has 0 bridgehead atoms. The number of rotatable bonds is 10. The van der Waals surface area contributed by atoms with Crippen LogP contribution in [0.4, 0.5) is 11.5 Å². The van der Waals surface area contributed by atoms with Crippen LogP contribution < -0.4 is 26.8 Å². The fourth-order valence-electron chi connectivity index (χ4n) is 4.03. The Morgan fingerprint density at radius 3 is 2.33 bits per heavy atom.